The van der Waals surface area contributed by atoms with Gasteiger partial charge in [-0.05, 0) is 29.8 Å². The molecule has 0 bridgehead atoms. The zero-order valence-corrected chi connectivity index (χ0v) is 18.4. The second-order valence-electron chi connectivity index (χ2n) is 6.93. The van der Waals surface area contributed by atoms with Crippen LogP contribution in [0, 0.1) is 0 Å². The molecule has 1 heterocycles. The number of rotatable bonds is 8. The Bertz CT molecular complexity index is 1300. The van der Waals surface area contributed by atoms with E-state index in [1.165, 1.54) is 19.2 Å². The fraction of sp³-hybridized carbons (Fsp3) is 0.125. The van der Waals surface area contributed by atoms with Crippen LogP contribution in [0.2, 0.25) is 0 Å². The molecule has 4 aromatic rings. The predicted molar refractivity (Wildman–Crippen MR) is 122 cm³/mol. The zero-order valence-electron chi connectivity index (χ0n) is 17.6. The lowest BCUT2D eigenvalue weighted by Gasteiger charge is -2.10. The first-order chi connectivity index (χ1) is 15.5. The Kier molecular flexibility index (Phi) is 6.13. The largest absolute Gasteiger partial charge is 0.497 e. The summed E-state index contributed by atoms with van der Waals surface area (Å²) >= 11 is 0. The van der Waals surface area contributed by atoms with E-state index >= 15 is 0 Å². The van der Waals surface area contributed by atoms with Gasteiger partial charge in [0.1, 0.15) is 17.2 Å². The molecule has 0 spiro atoms. The van der Waals surface area contributed by atoms with Crippen molar-refractivity contribution >= 4 is 15.9 Å². The van der Waals surface area contributed by atoms with Crippen LogP contribution in [0.4, 0.5) is 5.88 Å². The highest BCUT2D eigenvalue weighted by molar-refractivity contribution is 7.92. The van der Waals surface area contributed by atoms with Crippen molar-refractivity contribution in [1.82, 2.24) is 4.98 Å². The van der Waals surface area contributed by atoms with Crippen molar-refractivity contribution in [3.8, 4) is 22.8 Å². The number of benzene rings is 3. The first kappa shape index (κ1) is 21.5. The fourth-order valence-electron chi connectivity index (χ4n) is 3.24. The second kappa shape index (κ2) is 9.15. The predicted octanol–water partition coefficient (Wildman–Crippen LogP) is 4.75. The molecule has 0 aliphatic rings. The Morgan fingerprint density at radius 2 is 1.59 bits per heavy atom. The van der Waals surface area contributed by atoms with Gasteiger partial charge in [0.25, 0.3) is 10.0 Å². The lowest BCUT2D eigenvalue weighted by molar-refractivity contribution is 0.395. The molecule has 0 saturated carbocycles. The highest BCUT2D eigenvalue weighted by Crippen LogP contribution is 2.38. The number of ether oxygens (including phenoxy) is 2. The Morgan fingerprint density at radius 1 is 0.906 bits per heavy atom. The number of oxazole rings is 1. The van der Waals surface area contributed by atoms with Crippen LogP contribution < -0.4 is 14.2 Å². The van der Waals surface area contributed by atoms with E-state index in [4.69, 9.17) is 13.9 Å². The lowest BCUT2D eigenvalue weighted by atomic mass is 10.1. The molecule has 164 valence electrons. The van der Waals surface area contributed by atoms with E-state index in [-0.39, 0.29) is 10.8 Å². The minimum absolute atomic E-state index is 0.0169. The second-order valence-corrected chi connectivity index (χ2v) is 8.61. The maximum atomic E-state index is 13.0. The summed E-state index contributed by atoms with van der Waals surface area (Å²) in [6, 6.07) is 23.0. The normalized spacial score (nSPS) is 11.2. The summed E-state index contributed by atoms with van der Waals surface area (Å²) in [6.45, 7) is 0. The number of hydrogen-bond acceptors (Lipinski definition) is 6. The number of nitrogens with one attached hydrogen (secondary N) is 1. The minimum atomic E-state index is -3.89. The molecule has 0 fully saturated rings. The third-order valence-electron chi connectivity index (χ3n) is 4.81. The van der Waals surface area contributed by atoms with Crippen LogP contribution in [0.5, 0.6) is 11.5 Å². The monoisotopic (exact) mass is 450 g/mol. The summed E-state index contributed by atoms with van der Waals surface area (Å²) in [4.78, 5) is 4.72. The Balaban J connectivity index is 1.79. The zero-order chi connectivity index (χ0) is 22.6. The first-order valence-electron chi connectivity index (χ1n) is 9.84. The van der Waals surface area contributed by atoms with Crippen LogP contribution in [0.15, 0.2) is 88.2 Å². The Morgan fingerprint density at radius 3 is 2.25 bits per heavy atom. The van der Waals surface area contributed by atoms with Crippen molar-refractivity contribution < 1.29 is 22.3 Å². The van der Waals surface area contributed by atoms with Gasteiger partial charge in [-0.15, -0.1) is 0 Å². The number of nitrogens with zero attached hydrogens (tertiary/aromatic N) is 1. The van der Waals surface area contributed by atoms with Crippen molar-refractivity contribution in [2.45, 2.75) is 11.3 Å². The van der Waals surface area contributed by atoms with Crippen LogP contribution in [0.25, 0.3) is 11.3 Å². The van der Waals surface area contributed by atoms with Crippen LogP contribution in [-0.4, -0.2) is 27.6 Å². The quantitative estimate of drug-likeness (QED) is 0.417. The standard InChI is InChI=1S/C24H22N2O5S/c1-29-18-13-14-20(21(16-18)30-2)23-24(26-32(27,28)19-11-7-4-8-12-19)31-22(25-23)15-17-9-5-3-6-10-17/h3-14,16,26H,15H2,1-2H3. The van der Waals surface area contributed by atoms with Crippen molar-refractivity contribution in [2.24, 2.45) is 0 Å². The molecule has 3 aromatic carbocycles. The molecule has 32 heavy (non-hydrogen) atoms. The van der Waals surface area contributed by atoms with Crippen molar-refractivity contribution in [3.05, 3.63) is 90.3 Å². The van der Waals surface area contributed by atoms with Crippen LogP contribution >= 0.6 is 0 Å². The van der Waals surface area contributed by atoms with Crippen molar-refractivity contribution in [3.63, 3.8) is 0 Å². The molecule has 4 rings (SSSR count). The summed E-state index contributed by atoms with van der Waals surface area (Å²) in [5.41, 5.74) is 1.89. The van der Waals surface area contributed by atoms with Crippen LogP contribution in [0.3, 0.4) is 0 Å². The number of sulfonamides is 1. The van der Waals surface area contributed by atoms with Gasteiger partial charge in [-0.2, -0.15) is 0 Å². The van der Waals surface area contributed by atoms with Gasteiger partial charge in [0.15, 0.2) is 0 Å². The molecule has 0 radical (unpaired) electrons. The molecule has 0 unspecified atom stereocenters. The van der Waals surface area contributed by atoms with Gasteiger partial charge in [0.2, 0.25) is 11.8 Å². The average Bonchev–Trinajstić information content (AvgIpc) is 3.20. The lowest BCUT2D eigenvalue weighted by Crippen LogP contribution is -2.13. The van der Waals surface area contributed by atoms with Crippen LogP contribution in [-0.2, 0) is 16.4 Å². The van der Waals surface area contributed by atoms with Gasteiger partial charge in [-0.1, -0.05) is 48.5 Å². The van der Waals surface area contributed by atoms with Gasteiger partial charge in [0.05, 0.1) is 19.1 Å². The summed E-state index contributed by atoms with van der Waals surface area (Å²) < 4.78 is 45.1. The molecular formula is C24H22N2O5S. The van der Waals surface area contributed by atoms with Gasteiger partial charge < -0.3 is 13.9 Å². The maximum Gasteiger partial charge on any atom is 0.264 e. The number of anilines is 1. The minimum Gasteiger partial charge on any atom is -0.497 e. The molecule has 0 saturated heterocycles. The molecule has 0 aliphatic heterocycles. The molecule has 8 heteroatoms. The van der Waals surface area contributed by atoms with E-state index in [0.29, 0.717) is 35.1 Å². The van der Waals surface area contributed by atoms with Gasteiger partial charge in [-0.25, -0.2) is 18.1 Å². The summed E-state index contributed by atoms with van der Waals surface area (Å²) in [7, 11) is -0.803. The summed E-state index contributed by atoms with van der Waals surface area (Å²) in [5.74, 6) is 1.46. The molecular weight excluding hydrogens is 428 g/mol. The third-order valence-corrected chi connectivity index (χ3v) is 6.16. The van der Waals surface area contributed by atoms with E-state index in [1.807, 2.05) is 30.3 Å². The smallest absolute Gasteiger partial charge is 0.264 e. The average molecular weight is 451 g/mol. The molecule has 0 amide bonds. The number of hydrogen-bond donors (Lipinski definition) is 1. The molecule has 0 atom stereocenters. The SMILES string of the molecule is COc1ccc(-c2nc(Cc3ccccc3)oc2NS(=O)(=O)c2ccccc2)c(OC)c1. The number of methoxy groups -OCH3 is 2. The first-order valence-corrected chi connectivity index (χ1v) is 11.3. The van der Waals surface area contributed by atoms with E-state index < -0.39 is 10.0 Å². The molecule has 1 aromatic heterocycles. The van der Waals surface area contributed by atoms with E-state index in [2.05, 4.69) is 9.71 Å². The Labute approximate surface area is 186 Å². The topological polar surface area (TPSA) is 90.7 Å². The third kappa shape index (κ3) is 4.60. The molecule has 7 nitrogen and oxygen atoms in total. The van der Waals surface area contributed by atoms with Crippen molar-refractivity contribution in [2.75, 3.05) is 18.9 Å². The van der Waals surface area contributed by atoms with Crippen molar-refractivity contribution in [1.29, 1.82) is 0 Å². The van der Waals surface area contributed by atoms with Crippen LogP contribution in [0.1, 0.15) is 11.5 Å². The fourth-order valence-corrected chi connectivity index (χ4v) is 4.25. The van der Waals surface area contributed by atoms with E-state index in [1.54, 1.807) is 43.5 Å². The van der Waals surface area contributed by atoms with Gasteiger partial charge in [0, 0.05) is 18.1 Å². The Hall–Kier alpha value is -3.78. The summed E-state index contributed by atoms with van der Waals surface area (Å²) in [5, 5.41) is 0. The van der Waals surface area contributed by atoms with Gasteiger partial charge in [-0.3, -0.25) is 0 Å². The molecule has 1 N–H and O–H groups in total. The summed E-state index contributed by atoms with van der Waals surface area (Å²) in [6.07, 6.45) is 0.402. The van der Waals surface area contributed by atoms with Gasteiger partial charge >= 0.3 is 0 Å². The highest BCUT2D eigenvalue weighted by Gasteiger charge is 2.24. The van der Waals surface area contributed by atoms with E-state index in [0.717, 1.165) is 5.56 Å². The maximum absolute atomic E-state index is 13.0. The molecule has 0 aliphatic carbocycles. The number of aromatic nitrogens is 1. The highest BCUT2D eigenvalue weighted by atomic mass is 32.2. The van der Waals surface area contributed by atoms with E-state index in [9.17, 15) is 8.42 Å².